The van der Waals surface area contributed by atoms with E-state index in [0.29, 0.717) is 19.5 Å². The molecule has 1 aromatic heterocycles. The monoisotopic (exact) mass is 558 g/mol. The van der Waals surface area contributed by atoms with Gasteiger partial charge < -0.3 is 24.6 Å². The molecule has 1 aromatic rings. The molecule has 224 valence electrons. The summed E-state index contributed by atoms with van der Waals surface area (Å²) in [6.45, 7) is 10.1. The number of methoxy groups -OCH3 is 1. The van der Waals surface area contributed by atoms with Crippen molar-refractivity contribution >= 4 is 18.1 Å². The number of nitrogens with one attached hydrogen (secondary N) is 1. The van der Waals surface area contributed by atoms with Gasteiger partial charge >= 0.3 is 18.1 Å². The van der Waals surface area contributed by atoms with Crippen LogP contribution in [0.1, 0.15) is 103 Å². The van der Waals surface area contributed by atoms with Crippen LogP contribution in [0.5, 0.6) is 0 Å². The van der Waals surface area contributed by atoms with Gasteiger partial charge in [0.05, 0.1) is 7.11 Å². The summed E-state index contributed by atoms with van der Waals surface area (Å²) in [5.74, 6) is -0.431. The number of carbonyl (C=O) groups is 3. The van der Waals surface area contributed by atoms with Gasteiger partial charge in [-0.05, 0) is 91.2 Å². The van der Waals surface area contributed by atoms with Crippen LogP contribution in [0.15, 0.2) is 12.1 Å². The summed E-state index contributed by atoms with van der Waals surface area (Å²) in [5, 5.41) is 2.90. The second kappa shape index (κ2) is 14.7. The van der Waals surface area contributed by atoms with Crippen molar-refractivity contribution in [1.29, 1.82) is 0 Å². The van der Waals surface area contributed by atoms with Crippen molar-refractivity contribution in [2.45, 2.75) is 129 Å². The standard InChI is InChI=1S/C31H50N4O5/c1-22-20-34(30(38)40-31(3,4)5)21-23(2)35(22)29(37)33-27(28(36)39-6)17-11-9-7-8-10-15-25-19-18-24-14-12-13-16-26(24)32-25/h18-19,22-23,27H,7-17,20-21H2,1-6H3,(H,33,37)/t22-,23+,27-/m0/s1. The number of urea groups is 1. The number of pyridine rings is 1. The lowest BCUT2D eigenvalue weighted by atomic mass is 9.95. The van der Waals surface area contributed by atoms with Gasteiger partial charge in [0.15, 0.2) is 0 Å². The van der Waals surface area contributed by atoms with Crippen LogP contribution in [0.3, 0.4) is 0 Å². The number of esters is 1. The average Bonchev–Trinajstić information content (AvgIpc) is 2.89. The fourth-order valence-corrected chi connectivity index (χ4v) is 5.76. The minimum atomic E-state index is -0.694. The Morgan fingerprint density at radius 3 is 2.33 bits per heavy atom. The molecule has 1 saturated heterocycles. The minimum absolute atomic E-state index is 0.223. The van der Waals surface area contributed by atoms with E-state index in [2.05, 4.69) is 17.4 Å². The molecule has 9 heteroatoms. The highest BCUT2D eigenvalue weighted by atomic mass is 16.6. The minimum Gasteiger partial charge on any atom is -0.467 e. The average molecular weight is 559 g/mol. The number of piperazine rings is 1. The number of carbonyl (C=O) groups excluding carboxylic acids is 3. The molecule has 0 radical (unpaired) electrons. The number of nitrogens with zero attached hydrogens (tertiary/aromatic N) is 3. The van der Waals surface area contributed by atoms with E-state index < -0.39 is 17.6 Å². The molecule has 3 atom stereocenters. The Morgan fingerprint density at radius 2 is 1.65 bits per heavy atom. The van der Waals surface area contributed by atoms with Crippen molar-refractivity contribution < 1.29 is 23.9 Å². The highest BCUT2D eigenvalue weighted by molar-refractivity contribution is 5.84. The number of aryl methyl sites for hydroxylation is 3. The summed E-state index contributed by atoms with van der Waals surface area (Å²) >= 11 is 0. The van der Waals surface area contributed by atoms with Crippen molar-refractivity contribution in [2.24, 2.45) is 0 Å². The van der Waals surface area contributed by atoms with Crippen LogP contribution < -0.4 is 5.32 Å². The number of hydrogen-bond donors (Lipinski definition) is 1. The normalized spacial score (nSPS) is 19.9. The van der Waals surface area contributed by atoms with Crippen molar-refractivity contribution in [2.75, 3.05) is 20.2 Å². The summed E-state index contributed by atoms with van der Waals surface area (Å²) < 4.78 is 10.5. The first kappa shape index (κ1) is 31.7. The van der Waals surface area contributed by atoms with Gasteiger partial charge in [-0.2, -0.15) is 0 Å². The van der Waals surface area contributed by atoms with Crippen LogP contribution in [-0.4, -0.2) is 76.8 Å². The van der Waals surface area contributed by atoms with Gasteiger partial charge in [-0.15, -0.1) is 0 Å². The third-order valence-corrected chi connectivity index (χ3v) is 7.75. The van der Waals surface area contributed by atoms with Crippen molar-refractivity contribution in [1.82, 2.24) is 20.1 Å². The molecular weight excluding hydrogens is 508 g/mol. The summed E-state index contributed by atoms with van der Waals surface area (Å²) in [6, 6.07) is 3.00. The molecular formula is C31H50N4O5. The largest absolute Gasteiger partial charge is 0.467 e. The topological polar surface area (TPSA) is 101 Å². The summed E-state index contributed by atoms with van der Waals surface area (Å²) in [6.07, 6.45) is 11.1. The van der Waals surface area contributed by atoms with Gasteiger partial charge in [0.25, 0.3) is 0 Å². The Labute approximate surface area is 240 Å². The number of rotatable bonds is 10. The van der Waals surface area contributed by atoms with E-state index in [9.17, 15) is 14.4 Å². The molecule has 2 aliphatic rings. The molecule has 1 aliphatic heterocycles. The fourth-order valence-electron chi connectivity index (χ4n) is 5.76. The lowest BCUT2D eigenvalue weighted by molar-refractivity contribution is -0.143. The molecule has 1 aliphatic carbocycles. The molecule has 1 N–H and O–H groups in total. The molecule has 3 rings (SSSR count). The number of hydrogen-bond acceptors (Lipinski definition) is 6. The smallest absolute Gasteiger partial charge is 0.410 e. The van der Waals surface area contributed by atoms with E-state index in [4.69, 9.17) is 14.5 Å². The maximum Gasteiger partial charge on any atom is 0.410 e. The van der Waals surface area contributed by atoms with E-state index in [1.165, 1.54) is 43.3 Å². The predicted octanol–water partition coefficient (Wildman–Crippen LogP) is 5.42. The Bertz CT molecular complexity index is 996. The Hall–Kier alpha value is -2.84. The van der Waals surface area contributed by atoms with Gasteiger partial charge in [-0.25, -0.2) is 14.4 Å². The fraction of sp³-hybridized carbons (Fsp3) is 0.742. The number of amides is 3. The Balaban J connectivity index is 1.40. The third-order valence-electron chi connectivity index (χ3n) is 7.75. The molecule has 40 heavy (non-hydrogen) atoms. The highest BCUT2D eigenvalue weighted by Gasteiger charge is 2.37. The first-order valence-corrected chi connectivity index (χ1v) is 15.1. The maximum atomic E-state index is 13.2. The zero-order valence-corrected chi connectivity index (χ0v) is 25.5. The van der Waals surface area contributed by atoms with Gasteiger partial charge in [0.1, 0.15) is 11.6 Å². The maximum absolute atomic E-state index is 13.2. The summed E-state index contributed by atoms with van der Waals surface area (Å²) in [5.41, 5.74) is 3.34. The molecule has 0 aromatic carbocycles. The van der Waals surface area contributed by atoms with Crippen LogP contribution in [-0.2, 0) is 33.5 Å². The van der Waals surface area contributed by atoms with E-state index in [0.717, 1.165) is 44.9 Å². The molecule has 3 amide bonds. The van der Waals surface area contributed by atoms with E-state index in [-0.39, 0.29) is 24.2 Å². The zero-order chi connectivity index (χ0) is 29.3. The van der Waals surface area contributed by atoms with E-state index in [1.54, 1.807) is 9.80 Å². The van der Waals surface area contributed by atoms with E-state index >= 15 is 0 Å². The van der Waals surface area contributed by atoms with Crippen molar-refractivity contribution in [3.8, 4) is 0 Å². The van der Waals surface area contributed by atoms with Crippen LogP contribution >= 0.6 is 0 Å². The lowest BCUT2D eigenvalue weighted by Gasteiger charge is -2.44. The third kappa shape index (κ3) is 9.37. The number of aromatic nitrogens is 1. The quantitative estimate of drug-likeness (QED) is 0.304. The summed E-state index contributed by atoms with van der Waals surface area (Å²) in [4.78, 5) is 46.5. The van der Waals surface area contributed by atoms with Crippen LogP contribution in [0.25, 0.3) is 0 Å². The molecule has 0 saturated carbocycles. The molecule has 1 fully saturated rings. The van der Waals surface area contributed by atoms with Gasteiger partial charge in [0.2, 0.25) is 0 Å². The number of unbranched alkanes of at least 4 members (excludes halogenated alkanes) is 4. The van der Waals surface area contributed by atoms with Gasteiger partial charge in [0, 0.05) is 36.6 Å². The van der Waals surface area contributed by atoms with Crippen LogP contribution in [0, 0.1) is 0 Å². The molecule has 0 spiro atoms. The lowest BCUT2D eigenvalue weighted by Crippen LogP contribution is -2.63. The van der Waals surface area contributed by atoms with Crippen LogP contribution in [0.2, 0.25) is 0 Å². The Kier molecular flexibility index (Phi) is 11.6. The van der Waals surface area contributed by atoms with Gasteiger partial charge in [-0.3, -0.25) is 4.98 Å². The number of fused-ring (bicyclic) bond motifs is 1. The molecule has 2 heterocycles. The zero-order valence-electron chi connectivity index (χ0n) is 25.5. The van der Waals surface area contributed by atoms with Gasteiger partial charge in [-0.1, -0.05) is 31.7 Å². The summed E-state index contributed by atoms with van der Waals surface area (Å²) in [7, 11) is 1.35. The first-order chi connectivity index (χ1) is 19.0. The second-order valence-electron chi connectivity index (χ2n) is 12.4. The first-order valence-electron chi connectivity index (χ1n) is 15.1. The Morgan fingerprint density at radius 1 is 1.00 bits per heavy atom. The molecule has 9 nitrogen and oxygen atoms in total. The second-order valence-corrected chi connectivity index (χ2v) is 12.4. The molecule has 0 bridgehead atoms. The SMILES string of the molecule is COC(=O)[C@H](CCCCCCCc1ccc2c(n1)CCCC2)NC(=O)N1[C@H](C)CN(C(=O)OC(C)(C)C)C[C@@H]1C. The predicted molar refractivity (Wildman–Crippen MR) is 155 cm³/mol. The number of ether oxygens (including phenoxy) is 2. The van der Waals surface area contributed by atoms with Crippen LogP contribution in [0.4, 0.5) is 9.59 Å². The van der Waals surface area contributed by atoms with Crippen molar-refractivity contribution in [3.05, 3.63) is 29.1 Å². The molecule has 0 unspecified atom stereocenters. The van der Waals surface area contributed by atoms with E-state index in [1.807, 2.05) is 34.6 Å². The van der Waals surface area contributed by atoms with Crippen molar-refractivity contribution in [3.63, 3.8) is 0 Å². The highest BCUT2D eigenvalue weighted by Crippen LogP contribution is 2.21.